The Hall–Kier alpha value is -4.80. The first-order valence-corrected chi connectivity index (χ1v) is 20.5. The van der Waals surface area contributed by atoms with Gasteiger partial charge in [0.15, 0.2) is 0 Å². The zero-order chi connectivity index (χ0) is 39.4. The first-order valence-electron chi connectivity index (χ1n) is 19.0. The van der Waals surface area contributed by atoms with Crippen molar-refractivity contribution in [2.24, 2.45) is 5.41 Å². The van der Waals surface area contributed by atoms with Crippen LogP contribution in [-0.4, -0.2) is 83.6 Å². The predicted octanol–water partition coefficient (Wildman–Crippen LogP) is 2.54. The molecule has 3 aliphatic heterocycles. The van der Waals surface area contributed by atoms with E-state index in [1.807, 2.05) is 12.2 Å². The van der Waals surface area contributed by atoms with Gasteiger partial charge < -0.3 is 25.6 Å². The third kappa shape index (κ3) is 7.34. The maximum atomic E-state index is 14.6. The van der Waals surface area contributed by atoms with Gasteiger partial charge in [0.1, 0.15) is 40.9 Å². The van der Waals surface area contributed by atoms with Gasteiger partial charge in [0, 0.05) is 30.0 Å². The van der Waals surface area contributed by atoms with Gasteiger partial charge in [-0.2, -0.15) is 0 Å². The number of halogens is 1. The summed E-state index contributed by atoms with van der Waals surface area (Å²) in [4.78, 5) is 84.1. The van der Waals surface area contributed by atoms with E-state index in [1.165, 1.54) is 15.9 Å². The predicted molar refractivity (Wildman–Crippen MR) is 199 cm³/mol. The Labute approximate surface area is 318 Å². The minimum absolute atomic E-state index is 0.0196. The van der Waals surface area contributed by atoms with Gasteiger partial charge in [-0.15, -0.1) is 0 Å². The summed E-state index contributed by atoms with van der Waals surface area (Å²) in [6.07, 6.45) is 5.64. The van der Waals surface area contributed by atoms with E-state index in [-0.39, 0.29) is 56.3 Å². The van der Waals surface area contributed by atoms with Crippen LogP contribution < -0.4 is 31.5 Å². The Morgan fingerprint density at radius 3 is 2.47 bits per heavy atom. The molecular formula is C38H47FN6O9S. The van der Waals surface area contributed by atoms with Crippen molar-refractivity contribution in [2.75, 3.05) is 17.2 Å². The minimum atomic E-state index is -3.97. The molecule has 0 radical (unpaired) electrons. The molecule has 2 aliphatic carbocycles. The summed E-state index contributed by atoms with van der Waals surface area (Å²) in [6.45, 7) is 5.24. The van der Waals surface area contributed by atoms with Crippen LogP contribution in [-0.2, 0) is 42.2 Å². The normalized spacial score (nSPS) is 29.0. The highest BCUT2D eigenvalue weighted by Crippen LogP contribution is 2.58. The lowest BCUT2D eigenvalue weighted by atomic mass is 9.99. The number of sulfonamides is 1. The molecule has 0 spiro atoms. The number of nitrogens with one attached hydrogen (secondary N) is 4. The van der Waals surface area contributed by atoms with Gasteiger partial charge in [0.25, 0.3) is 16.8 Å². The number of anilines is 2. The summed E-state index contributed by atoms with van der Waals surface area (Å²) >= 11 is 0. The lowest BCUT2D eigenvalue weighted by Gasteiger charge is -2.31. The van der Waals surface area contributed by atoms with Crippen molar-refractivity contribution >= 4 is 45.2 Å². The Kier molecular flexibility index (Phi) is 10.0. The van der Waals surface area contributed by atoms with E-state index in [4.69, 9.17) is 4.74 Å². The van der Waals surface area contributed by atoms with E-state index < -0.39 is 84.9 Å². The number of allylic oxidation sites excluding steroid dienone is 1. The molecule has 17 heteroatoms. The number of fused-ring (bicyclic) bond motifs is 3. The van der Waals surface area contributed by atoms with E-state index in [9.17, 15) is 41.6 Å². The first-order chi connectivity index (χ1) is 26.0. The SMILES string of the molecule is CC(C)Nc1c(N[C@H]2CCCCC/C=C\[C@@]3(C)C[C@@]3(C(=O)NS(=O)(=O)C3CC3)NC(=O)[C@@H]3C[C@@H](OC(=O)N4Cc5cccc(F)c5C4)CN3C2=O)c(=O)c1=O. The van der Waals surface area contributed by atoms with Gasteiger partial charge in [0.2, 0.25) is 21.8 Å². The van der Waals surface area contributed by atoms with Gasteiger partial charge >= 0.3 is 6.09 Å². The van der Waals surface area contributed by atoms with Crippen molar-refractivity contribution < 1.29 is 36.7 Å². The van der Waals surface area contributed by atoms with Gasteiger partial charge in [-0.25, -0.2) is 17.6 Å². The second-order valence-corrected chi connectivity index (χ2v) is 18.1. The monoisotopic (exact) mass is 782 g/mol. The Balaban J connectivity index is 1.18. The molecule has 0 bridgehead atoms. The van der Waals surface area contributed by atoms with Crippen LogP contribution in [0.15, 0.2) is 39.9 Å². The summed E-state index contributed by atoms with van der Waals surface area (Å²) in [6, 6.07) is 2.08. The Morgan fingerprint density at radius 2 is 1.76 bits per heavy atom. The zero-order valence-corrected chi connectivity index (χ0v) is 31.9. The molecule has 3 heterocycles. The smallest absolute Gasteiger partial charge is 0.410 e. The largest absolute Gasteiger partial charge is 0.444 e. The van der Waals surface area contributed by atoms with Crippen LogP contribution in [0.5, 0.6) is 0 Å². The number of hydrogen-bond acceptors (Lipinski definition) is 11. The molecule has 7 rings (SSSR count). The number of amides is 4. The van der Waals surface area contributed by atoms with Crippen LogP contribution in [0.1, 0.15) is 89.7 Å². The fourth-order valence-electron chi connectivity index (χ4n) is 8.08. The highest BCUT2D eigenvalue weighted by molar-refractivity contribution is 7.91. The van der Waals surface area contributed by atoms with E-state index in [0.717, 1.165) is 6.42 Å². The maximum absolute atomic E-state index is 14.6. The van der Waals surface area contributed by atoms with Gasteiger partial charge in [-0.3, -0.25) is 33.6 Å². The molecule has 3 fully saturated rings. The average molecular weight is 783 g/mol. The summed E-state index contributed by atoms with van der Waals surface area (Å²) < 4.78 is 48.3. The number of ether oxygens (including phenoxy) is 1. The molecule has 15 nitrogen and oxygen atoms in total. The van der Waals surface area contributed by atoms with E-state index in [0.29, 0.717) is 43.2 Å². The molecule has 55 heavy (non-hydrogen) atoms. The number of carbonyl (C=O) groups is 4. The number of hydrogen-bond donors (Lipinski definition) is 4. The van der Waals surface area contributed by atoms with Crippen LogP contribution >= 0.6 is 0 Å². The van der Waals surface area contributed by atoms with Crippen LogP contribution in [0.25, 0.3) is 0 Å². The number of benzene rings is 1. The highest BCUT2D eigenvalue weighted by atomic mass is 32.2. The average Bonchev–Trinajstić information content (AvgIpc) is 3.98. The van der Waals surface area contributed by atoms with Crippen LogP contribution in [0, 0.1) is 11.2 Å². The quantitative estimate of drug-likeness (QED) is 0.227. The zero-order valence-electron chi connectivity index (χ0n) is 31.1. The van der Waals surface area contributed by atoms with Gasteiger partial charge in [-0.05, 0) is 64.0 Å². The minimum Gasteiger partial charge on any atom is -0.444 e. The second-order valence-electron chi connectivity index (χ2n) is 16.1. The van der Waals surface area contributed by atoms with Crippen LogP contribution in [0.3, 0.4) is 0 Å². The summed E-state index contributed by atoms with van der Waals surface area (Å²) in [5.41, 5.74) is -3.00. The van der Waals surface area contributed by atoms with Crippen LogP contribution in [0.4, 0.5) is 20.6 Å². The fraction of sp³-hybridized carbons (Fsp3) is 0.579. The molecule has 5 atom stereocenters. The highest BCUT2D eigenvalue weighted by Gasteiger charge is 2.70. The standard InChI is InChI=1S/C38H47FN6O9S/c1-21(2)40-29-30(32(47)31(29)46)41-27-12-7-5-4-6-8-15-37(3)20-38(37,35(50)43-55(52,53)24-13-14-24)42-33(48)28-16-23(18-45(28)34(27)49)54-36(51)44-17-22-10-9-11-26(39)25(22)19-44/h8-11,15,21,23-24,27-28,40-41H,4-7,12-14,16-20H2,1-3H3,(H,42,48)(H,43,50)/b15-8-/t23-,27+,28+,37+,38+/m1/s1. The lowest BCUT2D eigenvalue weighted by Crippen LogP contribution is -2.58. The fourth-order valence-corrected chi connectivity index (χ4v) is 9.44. The first kappa shape index (κ1) is 38.5. The van der Waals surface area contributed by atoms with Gasteiger partial charge in [-0.1, -0.05) is 44.1 Å². The van der Waals surface area contributed by atoms with Crippen LogP contribution in [0.2, 0.25) is 0 Å². The Bertz CT molecular complexity index is 2130. The molecule has 2 aromatic carbocycles. The topological polar surface area (TPSA) is 200 Å². The van der Waals surface area contributed by atoms with Crippen molar-refractivity contribution in [3.8, 4) is 0 Å². The molecular weight excluding hydrogens is 736 g/mol. The number of carbonyl (C=O) groups excluding carboxylic acids is 4. The summed E-state index contributed by atoms with van der Waals surface area (Å²) in [5.74, 6) is -2.64. The lowest BCUT2D eigenvalue weighted by molar-refractivity contribution is -0.140. The summed E-state index contributed by atoms with van der Waals surface area (Å²) in [5, 5.41) is 8.10. The molecule has 0 unspecified atom stereocenters. The molecule has 2 aromatic rings. The molecule has 4 amide bonds. The van der Waals surface area contributed by atoms with E-state index in [2.05, 4.69) is 20.7 Å². The third-order valence-electron chi connectivity index (χ3n) is 11.5. The Morgan fingerprint density at radius 1 is 1.02 bits per heavy atom. The molecule has 1 saturated heterocycles. The molecule has 296 valence electrons. The molecule has 4 N–H and O–H groups in total. The maximum Gasteiger partial charge on any atom is 0.410 e. The molecule has 5 aliphatic rings. The summed E-state index contributed by atoms with van der Waals surface area (Å²) in [7, 11) is -3.97. The van der Waals surface area contributed by atoms with E-state index in [1.54, 1.807) is 32.9 Å². The molecule has 2 saturated carbocycles. The van der Waals surface area contributed by atoms with Crippen molar-refractivity contribution in [2.45, 2.75) is 127 Å². The van der Waals surface area contributed by atoms with Crippen molar-refractivity contribution in [1.82, 2.24) is 19.8 Å². The van der Waals surface area contributed by atoms with Gasteiger partial charge in [0.05, 0.1) is 18.3 Å². The molecule has 0 aromatic heterocycles. The van der Waals surface area contributed by atoms with Crippen molar-refractivity contribution in [3.63, 3.8) is 0 Å². The second kappa shape index (κ2) is 14.4. The van der Waals surface area contributed by atoms with E-state index >= 15 is 0 Å². The third-order valence-corrected chi connectivity index (χ3v) is 13.3. The van der Waals surface area contributed by atoms with Crippen molar-refractivity contribution in [1.29, 1.82) is 0 Å². The number of nitrogens with zero attached hydrogens (tertiary/aromatic N) is 2. The number of rotatable bonds is 8. The van der Waals surface area contributed by atoms with Crippen molar-refractivity contribution in [3.05, 3.63) is 67.7 Å².